The molecule has 0 spiro atoms. The van der Waals surface area contributed by atoms with Crippen LogP contribution in [0, 0.1) is 17.8 Å². The number of rotatable bonds is 7. The molecular formula is C24H36N3O3+. The van der Waals surface area contributed by atoms with Crippen molar-refractivity contribution >= 4 is 11.9 Å². The molecule has 4 N–H and O–H groups in total. The van der Waals surface area contributed by atoms with E-state index in [9.17, 15) is 9.59 Å². The lowest BCUT2D eigenvalue weighted by Gasteiger charge is -2.56. The maximum Gasteiger partial charge on any atom is 0.322 e. The van der Waals surface area contributed by atoms with Crippen LogP contribution in [0.3, 0.4) is 0 Å². The van der Waals surface area contributed by atoms with Crippen LogP contribution >= 0.6 is 0 Å². The number of hydrogen-bond donors (Lipinski definition) is 3. The summed E-state index contributed by atoms with van der Waals surface area (Å²) in [6, 6.07) is 7.44. The van der Waals surface area contributed by atoms with E-state index < -0.39 is 0 Å². The van der Waals surface area contributed by atoms with Crippen LogP contribution < -0.4 is 20.7 Å². The lowest BCUT2D eigenvalue weighted by molar-refractivity contribution is -0.713. The molecule has 30 heavy (non-hydrogen) atoms. The number of methoxy groups -OCH3 is 1. The highest BCUT2D eigenvalue weighted by Crippen LogP contribution is 2.55. The van der Waals surface area contributed by atoms with Crippen molar-refractivity contribution in [3.63, 3.8) is 0 Å². The first kappa shape index (κ1) is 21.2. The normalized spacial score (nSPS) is 31.1. The van der Waals surface area contributed by atoms with Crippen molar-refractivity contribution in [1.82, 2.24) is 10.6 Å². The number of carbonyl (C=O) groups is 2. The Hall–Kier alpha value is -2.08. The molecule has 4 bridgehead atoms. The number of hydrogen-bond acceptors (Lipinski definition) is 3. The SMILES string of the molecule is CC[C@H]([NH2+][C@H](C)C(=O)NC(=O)NC12CC3CC(CC(C3)C1)C2)c1ccc(OC)cc1. The van der Waals surface area contributed by atoms with Gasteiger partial charge in [0, 0.05) is 17.5 Å². The van der Waals surface area contributed by atoms with Crippen LogP contribution in [-0.4, -0.2) is 30.6 Å². The molecule has 6 nitrogen and oxygen atoms in total. The van der Waals surface area contributed by atoms with Gasteiger partial charge in [-0.2, -0.15) is 0 Å². The monoisotopic (exact) mass is 414 g/mol. The number of imide groups is 1. The van der Waals surface area contributed by atoms with Gasteiger partial charge >= 0.3 is 6.03 Å². The van der Waals surface area contributed by atoms with Gasteiger partial charge in [0.1, 0.15) is 11.8 Å². The first-order valence-electron chi connectivity index (χ1n) is 11.5. The Morgan fingerprint density at radius 1 is 1.10 bits per heavy atom. The lowest BCUT2D eigenvalue weighted by atomic mass is 9.53. The van der Waals surface area contributed by atoms with Gasteiger partial charge in [0.2, 0.25) is 0 Å². The first-order chi connectivity index (χ1) is 14.4. The van der Waals surface area contributed by atoms with Crippen molar-refractivity contribution in [3.05, 3.63) is 29.8 Å². The molecule has 5 rings (SSSR count). The van der Waals surface area contributed by atoms with Crippen molar-refractivity contribution < 1.29 is 19.6 Å². The molecule has 4 saturated carbocycles. The molecule has 2 atom stereocenters. The standard InChI is InChI=1S/C24H35N3O3/c1-4-21(19-5-7-20(30-3)8-6-19)25-15(2)22(28)26-23(29)27-24-12-16-9-17(13-24)11-18(10-16)14-24/h5-8,15-18,21,25H,4,9-14H2,1-3H3,(H2,26,27,28,29)/p+1/t15-,16?,17?,18?,21+,24?/m1/s1. The predicted molar refractivity (Wildman–Crippen MR) is 115 cm³/mol. The van der Waals surface area contributed by atoms with Gasteiger partial charge in [-0.1, -0.05) is 6.92 Å². The smallest absolute Gasteiger partial charge is 0.322 e. The number of quaternary nitrogens is 1. The van der Waals surface area contributed by atoms with Crippen LogP contribution in [0.1, 0.15) is 70.4 Å². The van der Waals surface area contributed by atoms with E-state index in [2.05, 4.69) is 17.6 Å². The van der Waals surface area contributed by atoms with Crippen LogP contribution in [-0.2, 0) is 4.79 Å². The summed E-state index contributed by atoms with van der Waals surface area (Å²) in [7, 11) is 1.65. The Kier molecular flexibility index (Phi) is 6.05. The van der Waals surface area contributed by atoms with Gasteiger partial charge in [-0.25, -0.2) is 4.79 Å². The number of nitrogens with one attached hydrogen (secondary N) is 2. The molecule has 0 unspecified atom stereocenters. The van der Waals surface area contributed by atoms with Crippen LogP contribution in [0.15, 0.2) is 24.3 Å². The summed E-state index contributed by atoms with van der Waals surface area (Å²) in [4.78, 5) is 25.4. The molecule has 0 heterocycles. The van der Waals surface area contributed by atoms with Gasteiger partial charge < -0.3 is 15.4 Å². The number of urea groups is 1. The minimum absolute atomic E-state index is 0.0822. The molecule has 1 aromatic carbocycles. The Bertz CT molecular complexity index is 741. The fraction of sp³-hybridized carbons (Fsp3) is 0.667. The molecule has 6 heteroatoms. The summed E-state index contributed by atoms with van der Waals surface area (Å²) < 4.78 is 5.23. The zero-order chi connectivity index (χ0) is 21.3. The summed E-state index contributed by atoms with van der Waals surface area (Å²) in [6.07, 6.45) is 8.13. The van der Waals surface area contributed by atoms with Crippen LogP contribution in [0.5, 0.6) is 5.75 Å². The Labute approximate surface area is 179 Å². The highest BCUT2D eigenvalue weighted by atomic mass is 16.5. The third-order valence-electron chi connectivity index (χ3n) is 7.57. The van der Waals surface area contributed by atoms with Gasteiger partial charge in [0.25, 0.3) is 5.91 Å². The second kappa shape index (κ2) is 8.58. The largest absolute Gasteiger partial charge is 0.497 e. The number of ether oxygens (including phenoxy) is 1. The Balaban J connectivity index is 1.31. The highest BCUT2D eigenvalue weighted by Gasteiger charge is 2.51. The Morgan fingerprint density at radius 2 is 1.67 bits per heavy atom. The Morgan fingerprint density at radius 3 is 2.17 bits per heavy atom. The molecule has 3 amide bonds. The molecule has 0 radical (unpaired) electrons. The summed E-state index contributed by atoms with van der Waals surface area (Å²) in [6.45, 7) is 3.97. The average Bonchev–Trinajstić information content (AvgIpc) is 2.70. The second-order valence-electron chi connectivity index (χ2n) is 9.91. The van der Waals surface area contributed by atoms with Crippen molar-refractivity contribution in [3.8, 4) is 5.75 Å². The average molecular weight is 415 g/mol. The zero-order valence-electron chi connectivity index (χ0n) is 18.4. The van der Waals surface area contributed by atoms with E-state index in [4.69, 9.17) is 4.74 Å². The number of nitrogens with two attached hydrogens (primary N) is 1. The number of carbonyl (C=O) groups excluding carboxylic acids is 2. The van der Waals surface area contributed by atoms with Crippen molar-refractivity contribution in [2.24, 2.45) is 17.8 Å². The molecule has 0 aliphatic heterocycles. The van der Waals surface area contributed by atoms with Gasteiger partial charge in [-0.15, -0.1) is 0 Å². The summed E-state index contributed by atoms with van der Waals surface area (Å²) in [5.41, 5.74) is 1.07. The van der Waals surface area contributed by atoms with Crippen molar-refractivity contribution in [2.75, 3.05) is 7.11 Å². The third-order valence-corrected chi connectivity index (χ3v) is 7.57. The molecule has 0 aromatic heterocycles. The zero-order valence-corrected chi connectivity index (χ0v) is 18.4. The molecule has 4 aliphatic rings. The molecule has 4 aliphatic carbocycles. The quantitative estimate of drug-likeness (QED) is 0.641. The maximum absolute atomic E-state index is 12.7. The molecule has 1 aromatic rings. The van der Waals surface area contributed by atoms with Gasteiger partial charge in [-0.05, 0) is 87.5 Å². The minimum atomic E-state index is -0.348. The van der Waals surface area contributed by atoms with E-state index in [-0.39, 0.29) is 29.6 Å². The van der Waals surface area contributed by atoms with Crippen molar-refractivity contribution in [2.45, 2.75) is 76.4 Å². The van der Waals surface area contributed by atoms with E-state index in [0.717, 1.165) is 54.7 Å². The van der Waals surface area contributed by atoms with E-state index in [1.165, 1.54) is 19.3 Å². The third kappa shape index (κ3) is 4.48. The van der Waals surface area contributed by atoms with Crippen LogP contribution in [0.2, 0.25) is 0 Å². The fourth-order valence-corrected chi connectivity index (χ4v) is 6.53. The fourth-order valence-electron chi connectivity index (χ4n) is 6.53. The summed E-state index contributed by atoms with van der Waals surface area (Å²) >= 11 is 0. The van der Waals surface area contributed by atoms with Crippen LogP contribution in [0.25, 0.3) is 0 Å². The van der Waals surface area contributed by atoms with E-state index in [0.29, 0.717) is 0 Å². The second-order valence-corrected chi connectivity index (χ2v) is 9.91. The van der Waals surface area contributed by atoms with Gasteiger partial charge in [0.05, 0.1) is 7.11 Å². The van der Waals surface area contributed by atoms with Crippen molar-refractivity contribution in [1.29, 1.82) is 0 Å². The predicted octanol–water partition coefficient (Wildman–Crippen LogP) is 2.89. The van der Waals surface area contributed by atoms with E-state index >= 15 is 0 Å². The van der Waals surface area contributed by atoms with E-state index in [1.54, 1.807) is 7.11 Å². The molecular weight excluding hydrogens is 378 g/mol. The molecule has 164 valence electrons. The molecule has 4 fully saturated rings. The maximum atomic E-state index is 12.7. The van der Waals surface area contributed by atoms with Crippen LogP contribution in [0.4, 0.5) is 4.79 Å². The van der Waals surface area contributed by atoms with Gasteiger partial charge in [-0.3, -0.25) is 10.1 Å². The van der Waals surface area contributed by atoms with Gasteiger partial charge in [0.15, 0.2) is 6.04 Å². The topological polar surface area (TPSA) is 84.0 Å². The number of benzene rings is 1. The first-order valence-corrected chi connectivity index (χ1v) is 11.5. The minimum Gasteiger partial charge on any atom is -0.497 e. The summed E-state index contributed by atoms with van der Waals surface area (Å²) in [5, 5.41) is 7.87. The number of amides is 3. The summed E-state index contributed by atoms with van der Waals surface area (Å²) in [5.74, 6) is 2.86. The lowest BCUT2D eigenvalue weighted by Crippen LogP contribution is -2.92. The highest BCUT2D eigenvalue weighted by molar-refractivity contribution is 5.96. The molecule has 0 saturated heterocycles. The van der Waals surface area contributed by atoms with E-state index in [1.807, 2.05) is 36.5 Å².